The van der Waals surface area contributed by atoms with Gasteiger partial charge in [-0.3, -0.25) is 24.9 Å². The van der Waals surface area contributed by atoms with Crippen LogP contribution in [-0.4, -0.2) is 22.4 Å². The molecule has 0 saturated carbocycles. The van der Waals surface area contributed by atoms with Gasteiger partial charge < -0.3 is 11.1 Å². The maximum absolute atomic E-state index is 8.49. The van der Waals surface area contributed by atoms with Crippen molar-refractivity contribution in [1.29, 1.82) is 0 Å². The van der Waals surface area contributed by atoms with Gasteiger partial charge in [-0.05, 0) is 49.2 Å². The third-order valence-electron chi connectivity index (χ3n) is 4.80. The molecule has 0 N–H and O–H groups in total. The molecule has 2 heterocycles. The molecular formula is C28H28ClCuN7O4. The Bertz CT molecular complexity index is 1200. The Kier molecular flexibility index (Phi) is 19.7. The molecule has 4 aromatic rings. The number of pyridine rings is 2. The third kappa shape index (κ3) is 19.7. The van der Waals surface area contributed by atoms with Crippen LogP contribution in [0.2, 0.25) is 0 Å². The fourth-order valence-electron chi connectivity index (χ4n) is 2.92. The number of hydrogen-bond donors (Lipinski definition) is 0. The molecule has 0 aliphatic carbocycles. The molecule has 0 spiro atoms. The Morgan fingerprint density at radius 1 is 0.634 bits per heavy atom. The molecule has 2 aromatic heterocycles. The summed E-state index contributed by atoms with van der Waals surface area (Å²) in [5, 5.41) is 0. The molecule has 41 heavy (non-hydrogen) atoms. The molecular weight excluding hydrogens is 597 g/mol. The maximum atomic E-state index is 8.49. The van der Waals surface area contributed by atoms with Gasteiger partial charge in [-0.2, -0.15) is 0 Å². The van der Waals surface area contributed by atoms with Crippen LogP contribution < -0.4 is 18.6 Å². The summed E-state index contributed by atoms with van der Waals surface area (Å²) in [6.45, 7) is 4.16. The van der Waals surface area contributed by atoms with Gasteiger partial charge in [-0.25, -0.2) is 18.6 Å². The van der Waals surface area contributed by atoms with E-state index in [0.29, 0.717) is 0 Å². The minimum atomic E-state index is -4.94. The van der Waals surface area contributed by atoms with E-state index in [9.17, 15) is 0 Å². The predicted octanol–water partition coefficient (Wildman–Crippen LogP) is 2.63. The molecule has 1 radical (unpaired) electrons. The van der Waals surface area contributed by atoms with Gasteiger partial charge in [-0.15, -0.1) is 10.2 Å². The van der Waals surface area contributed by atoms with Crippen molar-refractivity contribution < 1.29 is 45.9 Å². The Hall–Kier alpha value is -3.96. The van der Waals surface area contributed by atoms with E-state index in [0.717, 1.165) is 11.4 Å². The Morgan fingerprint density at radius 3 is 1.20 bits per heavy atom. The van der Waals surface area contributed by atoms with E-state index in [1.807, 2.05) is 85.2 Å². The van der Waals surface area contributed by atoms with Gasteiger partial charge in [0.2, 0.25) is 0 Å². The number of hydrogen-bond acceptors (Lipinski definition) is 8. The second-order valence-corrected chi connectivity index (χ2v) is 8.46. The van der Waals surface area contributed by atoms with Gasteiger partial charge >= 0.3 is 17.1 Å². The van der Waals surface area contributed by atoms with Crippen LogP contribution in [0.5, 0.6) is 0 Å². The summed E-state index contributed by atoms with van der Waals surface area (Å²) in [6.07, 6.45) is 7.18. The molecule has 0 aliphatic rings. The topological polar surface area (TPSA) is 201 Å². The minimum Gasteiger partial charge on any atom is -0.373 e. The molecule has 2 atom stereocenters. The van der Waals surface area contributed by atoms with Crippen LogP contribution in [0.1, 0.15) is 48.4 Å². The normalized spacial score (nSPS) is 11.7. The second-order valence-electron chi connectivity index (χ2n) is 7.71. The van der Waals surface area contributed by atoms with Crippen LogP contribution >= 0.6 is 0 Å². The smallest absolute Gasteiger partial charge is 0.373 e. The van der Waals surface area contributed by atoms with E-state index in [1.54, 1.807) is 12.4 Å². The molecule has 0 aliphatic heterocycles. The summed E-state index contributed by atoms with van der Waals surface area (Å²) in [4.78, 5) is 18.8. The standard InChI is InChI=1S/2C14H14N2.ClHO4.Cu.N3/c2*1-12(13-7-3-2-4-8-13)16-11-14-9-5-6-10-15-14;2-1(3,4)5;;1-3-2/h2*2-12H,1H3;(H,2,3,4,5);;/q;;;+2;-1/p-1/t2*12-;;;/m11.../s1. The number of aromatic nitrogens is 2. The molecule has 11 nitrogen and oxygen atoms in total. The van der Waals surface area contributed by atoms with E-state index >= 15 is 0 Å². The van der Waals surface area contributed by atoms with Crippen LogP contribution in [0.3, 0.4) is 0 Å². The van der Waals surface area contributed by atoms with E-state index < -0.39 is 10.2 Å². The minimum absolute atomic E-state index is 0. The summed E-state index contributed by atoms with van der Waals surface area (Å²) in [7, 11) is -4.94. The summed E-state index contributed by atoms with van der Waals surface area (Å²) in [6, 6.07) is 32.4. The van der Waals surface area contributed by atoms with Gasteiger partial charge in [0.05, 0.1) is 23.5 Å². The van der Waals surface area contributed by atoms with E-state index in [2.05, 4.69) is 58.1 Å². The monoisotopic (exact) mass is 624 g/mol. The number of aliphatic imine (C=N–C) groups is 2. The van der Waals surface area contributed by atoms with Crippen molar-refractivity contribution in [3.8, 4) is 0 Å². The molecule has 217 valence electrons. The number of nitrogens with zero attached hydrogens (tertiary/aromatic N) is 7. The van der Waals surface area contributed by atoms with Gasteiger partial charge in [0, 0.05) is 24.8 Å². The SMILES string of the molecule is C[C@@H](N=Cc1ccccn1)c1ccccc1.C[C@@H](N=Cc1ccccn1)c1ccccc1.[Cu+2].[N-]=[N+]=[N-].[O-][Cl+3]([O-])([O-])[O-]. The van der Waals surface area contributed by atoms with Gasteiger partial charge in [0.15, 0.2) is 0 Å². The van der Waals surface area contributed by atoms with Crippen LogP contribution in [0.15, 0.2) is 119 Å². The molecule has 0 saturated heterocycles. The predicted molar refractivity (Wildman–Crippen MR) is 143 cm³/mol. The Balaban J connectivity index is 0.000000609. The van der Waals surface area contributed by atoms with Crippen LogP contribution in [0.25, 0.3) is 16.0 Å². The quantitative estimate of drug-likeness (QED) is 0.104. The molecule has 2 aromatic carbocycles. The first-order valence-electron chi connectivity index (χ1n) is 11.7. The van der Waals surface area contributed by atoms with Crippen molar-refractivity contribution in [2.75, 3.05) is 0 Å². The zero-order valence-electron chi connectivity index (χ0n) is 22.1. The summed E-state index contributed by atoms with van der Waals surface area (Å²) in [5.74, 6) is 0. The van der Waals surface area contributed by atoms with Crippen LogP contribution in [0.4, 0.5) is 0 Å². The maximum Gasteiger partial charge on any atom is 2.00 e. The van der Waals surface area contributed by atoms with Crippen LogP contribution in [0, 0.1) is 10.2 Å². The van der Waals surface area contributed by atoms with E-state index in [1.165, 1.54) is 16.0 Å². The van der Waals surface area contributed by atoms with E-state index in [-0.39, 0.29) is 29.2 Å². The van der Waals surface area contributed by atoms with Crippen molar-refractivity contribution in [2.24, 2.45) is 9.98 Å². The first-order valence-corrected chi connectivity index (χ1v) is 13.0. The van der Waals surface area contributed by atoms with Gasteiger partial charge in [-0.1, -0.05) is 72.8 Å². The Morgan fingerprint density at radius 2 is 0.927 bits per heavy atom. The first-order chi connectivity index (χ1) is 19.1. The average Bonchev–Trinajstić information content (AvgIpc) is 2.96. The molecule has 0 fully saturated rings. The van der Waals surface area contributed by atoms with Crippen molar-refractivity contribution in [3.05, 3.63) is 148 Å². The third-order valence-corrected chi connectivity index (χ3v) is 4.80. The fraction of sp³-hybridized carbons (Fsp3) is 0.143. The van der Waals surface area contributed by atoms with Crippen molar-refractivity contribution in [1.82, 2.24) is 9.97 Å². The van der Waals surface area contributed by atoms with Crippen LogP contribution in [-0.2, 0) is 17.1 Å². The number of halogens is 1. The number of benzene rings is 2. The first kappa shape index (κ1) is 37.0. The summed E-state index contributed by atoms with van der Waals surface area (Å²) in [5.41, 5.74) is 17.7. The zero-order chi connectivity index (χ0) is 29.6. The van der Waals surface area contributed by atoms with Gasteiger partial charge in [0.1, 0.15) is 0 Å². The van der Waals surface area contributed by atoms with Gasteiger partial charge in [0.25, 0.3) is 0 Å². The molecule has 0 amide bonds. The zero-order valence-corrected chi connectivity index (χ0v) is 23.8. The average molecular weight is 626 g/mol. The fourth-order valence-corrected chi connectivity index (χ4v) is 2.92. The van der Waals surface area contributed by atoms with Crippen molar-refractivity contribution in [3.63, 3.8) is 0 Å². The molecule has 0 unspecified atom stereocenters. The van der Waals surface area contributed by atoms with E-state index in [4.69, 9.17) is 29.7 Å². The summed E-state index contributed by atoms with van der Waals surface area (Å²) < 4.78 is 34.0. The van der Waals surface area contributed by atoms with Crippen molar-refractivity contribution >= 4 is 12.4 Å². The number of rotatable bonds is 6. The largest absolute Gasteiger partial charge is 2.00 e. The molecule has 13 heteroatoms. The Labute approximate surface area is 251 Å². The molecule has 0 bridgehead atoms. The summed E-state index contributed by atoms with van der Waals surface area (Å²) >= 11 is 0. The van der Waals surface area contributed by atoms with Crippen molar-refractivity contribution in [2.45, 2.75) is 25.9 Å². The second kappa shape index (κ2) is 21.8. The molecule has 4 rings (SSSR count).